The lowest BCUT2D eigenvalue weighted by Crippen LogP contribution is -3.00. The van der Waals surface area contributed by atoms with Crippen LogP contribution in [-0.4, -0.2) is 47.7 Å². The van der Waals surface area contributed by atoms with Crippen LogP contribution in [0.2, 0.25) is 0 Å². The summed E-state index contributed by atoms with van der Waals surface area (Å²) in [5.41, 5.74) is 1.62. The summed E-state index contributed by atoms with van der Waals surface area (Å²) in [7, 11) is 0. The lowest BCUT2D eigenvalue weighted by molar-refractivity contribution is -0.0000135. The van der Waals surface area contributed by atoms with Crippen LogP contribution in [0.3, 0.4) is 0 Å². The second-order valence-electron chi connectivity index (χ2n) is 7.69. The Hall–Kier alpha value is -1.93. The predicted octanol–water partition coefficient (Wildman–Crippen LogP) is -0.632. The van der Waals surface area contributed by atoms with Crippen molar-refractivity contribution >= 4 is 0 Å². The van der Waals surface area contributed by atoms with E-state index < -0.39 is 12.2 Å². The number of halogens is 3. The number of hydrogen-bond donors (Lipinski definition) is 3. The molecule has 0 aromatic heterocycles. The van der Waals surface area contributed by atoms with E-state index in [1.54, 1.807) is 12.1 Å². The Morgan fingerprint density at radius 3 is 1.70 bits per heavy atom. The van der Waals surface area contributed by atoms with Gasteiger partial charge in [0, 0.05) is 13.1 Å². The highest BCUT2D eigenvalue weighted by molar-refractivity contribution is 5.36. The molecule has 4 atom stereocenters. The number of rotatable bonds is 6. The summed E-state index contributed by atoms with van der Waals surface area (Å²) < 4.78 is 38.2. The van der Waals surface area contributed by atoms with Crippen LogP contribution in [0.5, 0.6) is 11.5 Å². The van der Waals surface area contributed by atoms with Crippen LogP contribution >= 0.6 is 0 Å². The van der Waals surface area contributed by atoms with Crippen molar-refractivity contribution in [2.24, 2.45) is 0 Å². The van der Waals surface area contributed by atoms with E-state index in [0.717, 1.165) is 11.1 Å². The second kappa shape index (κ2) is 9.92. The first-order valence-electron chi connectivity index (χ1n) is 9.96. The van der Waals surface area contributed by atoms with Gasteiger partial charge < -0.3 is 37.4 Å². The molecule has 0 bridgehead atoms. The maximum Gasteiger partial charge on any atom is 0.126 e. The average molecular weight is 441 g/mol. The normalized spacial score (nSPS) is 21.9. The Kier molecular flexibility index (Phi) is 7.52. The van der Waals surface area contributed by atoms with E-state index >= 15 is 0 Å². The monoisotopic (exact) mass is 440 g/mol. The SMILES string of the molecule is O[C@@H](CNC[C@H](O)[C@H]1CCc2cc(F)ccc2O1)[C@@H]1CCc2cc(F)ccc2O1.[Cl-]. The van der Waals surface area contributed by atoms with Gasteiger partial charge in [0.05, 0.1) is 0 Å². The Labute approximate surface area is 180 Å². The van der Waals surface area contributed by atoms with Crippen LogP contribution in [0.4, 0.5) is 8.78 Å². The molecule has 0 amide bonds. The number of aliphatic hydroxyl groups is 2. The third-order valence-electron chi connectivity index (χ3n) is 5.56. The highest BCUT2D eigenvalue weighted by atomic mass is 35.5. The topological polar surface area (TPSA) is 71.0 Å². The van der Waals surface area contributed by atoms with Gasteiger partial charge in [0.2, 0.25) is 0 Å². The van der Waals surface area contributed by atoms with Gasteiger partial charge in [0.15, 0.2) is 0 Å². The standard InChI is InChI=1S/C22H25F2NO4.ClH/c23-15-3-7-19-13(9-15)1-5-21(28-19)17(26)11-25-12-18(27)22-6-2-14-10-16(24)4-8-20(14)29-22;/h3-4,7-10,17-18,21-22,25-27H,1-2,5-6,11-12H2;1H/p-1/t17-,18-,21-,22+;/m0./s1. The molecule has 5 nitrogen and oxygen atoms in total. The van der Waals surface area contributed by atoms with Gasteiger partial charge in [-0.05, 0) is 73.2 Å². The van der Waals surface area contributed by atoms with Crippen LogP contribution in [0.15, 0.2) is 36.4 Å². The largest absolute Gasteiger partial charge is 1.00 e. The van der Waals surface area contributed by atoms with E-state index in [-0.39, 0.29) is 49.3 Å². The van der Waals surface area contributed by atoms with Crippen molar-refractivity contribution in [1.82, 2.24) is 5.32 Å². The van der Waals surface area contributed by atoms with Gasteiger partial charge in [-0.3, -0.25) is 0 Å². The van der Waals surface area contributed by atoms with Crippen molar-refractivity contribution in [3.8, 4) is 11.5 Å². The summed E-state index contributed by atoms with van der Waals surface area (Å²) in [5.74, 6) is 0.624. The predicted molar refractivity (Wildman–Crippen MR) is 103 cm³/mol. The minimum Gasteiger partial charge on any atom is -1.00 e. The molecule has 2 aliphatic heterocycles. The molecule has 2 aliphatic rings. The zero-order chi connectivity index (χ0) is 20.4. The molecule has 0 spiro atoms. The summed E-state index contributed by atoms with van der Waals surface area (Å²) >= 11 is 0. The molecule has 0 unspecified atom stereocenters. The third-order valence-corrected chi connectivity index (χ3v) is 5.56. The lowest BCUT2D eigenvalue weighted by Gasteiger charge is -2.31. The fraction of sp³-hybridized carbons (Fsp3) is 0.455. The first kappa shape index (κ1) is 22.7. The van der Waals surface area contributed by atoms with Crippen LogP contribution in [0.1, 0.15) is 24.0 Å². The van der Waals surface area contributed by atoms with Gasteiger partial charge in [-0.1, -0.05) is 0 Å². The highest BCUT2D eigenvalue weighted by Crippen LogP contribution is 2.30. The van der Waals surface area contributed by atoms with Crippen LogP contribution in [0, 0.1) is 11.6 Å². The molecule has 2 heterocycles. The average Bonchev–Trinajstić information content (AvgIpc) is 2.72. The minimum atomic E-state index is -0.753. The number of nitrogens with one attached hydrogen (secondary N) is 1. The Morgan fingerprint density at radius 1 is 0.833 bits per heavy atom. The van der Waals surface area contributed by atoms with Gasteiger partial charge in [0.1, 0.15) is 47.5 Å². The highest BCUT2D eigenvalue weighted by Gasteiger charge is 2.29. The fourth-order valence-corrected chi connectivity index (χ4v) is 3.94. The fourth-order valence-electron chi connectivity index (χ4n) is 3.94. The van der Waals surface area contributed by atoms with E-state index in [0.29, 0.717) is 37.2 Å². The quantitative estimate of drug-likeness (QED) is 0.558. The van der Waals surface area contributed by atoms with Crippen LogP contribution in [0.25, 0.3) is 0 Å². The molecule has 164 valence electrons. The molecule has 0 saturated heterocycles. The van der Waals surface area contributed by atoms with Crippen molar-refractivity contribution in [1.29, 1.82) is 0 Å². The molecule has 0 aliphatic carbocycles. The van der Waals surface area contributed by atoms with Gasteiger partial charge in [-0.2, -0.15) is 0 Å². The van der Waals surface area contributed by atoms with E-state index in [9.17, 15) is 19.0 Å². The number of benzene rings is 2. The second-order valence-corrected chi connectivity index (χ2v) is 7.69. The molecule has 4 rings (SSSR count). The van der Waals surface area contributed by atoms with Crippen molar-refractivity contribution in [2.75, 3.05) is 13.1 Å². The summed E-state index contributed by atoms with van der Waals surface area (Å²) in [6.45, 7) is 0.513. The summed E-state index contributed by atoms with van der Waals surface area (Å²) in [6.07, 6.45) is 0.214. The van der Waals surface area contributed by atoms with Gasteiger partial charge in [-0.25, -0.2) is 8.78 Å². The zero-order valence-corrected chi connectivity index (χ0v) is 17.1. The Balaban J connectivity index is 0.00000256. The van der Waals surface area contributed by atoms with Gasteiger partial charge in [-0.15, -0.1) is 0 Å². The molecular weight excluding hydrogens is 416 g/mol. The zero-order valence-electron chi connectivity index (χ0n) is 16.4. The Morgan fingerprint density at radius 2 is 1.27 bits per heavy atom. The Bertz CT molecular complexity index is 800. The molecule has 8 heteroatoms. The summed E-state index contributed by atoms with van der Waals surface area (Å²) in [6, 6.07) is 8.79. The van der Waals surface area contributed by atoms with E-state index in [1.165, 1.54) is 24.3 Å². The summed E-state index contributed by atoms with van der Waals surface area (Å²) in [4.78, 5) is 0. The molecule has 0 fully saturated rings. The van der Waals surface area contributed by atoms with Crippen molar-refractivity contribution in [3.63, 3.8) is 0 Å². The number of aryl methyl sites for hydroxylation is 2. The first-order valence-corrected chi connectivity index (χ1v) is 9.96. The lowest BCUT2D eigenvalue weighted by atomic mass is 9.98. The third kappa shape index (κ3) is 5.21. The van der Waals surface area contributed by atoms with Gasteiger partial charge >= 0.3 is 0 Å². The number of fused-ring (bicyclic) bond motifs is 2. The minimum absolute atomic E-state index is 0. The first-order chi connectivity index (χ1) is 14.0. The summed E-state index contributed by atoms with van der Waals surface area (Å²) in [5, 5.41) is 23.9. The molecular formula is C22H25ClF2NO4-. The number of ether oxygens (including phenoxy) is 2. The molecule has 30 heavy (non-hydrogen) atoms. The van der Waals surface area contributed by atoms with E-state index in [2.05, 4.69) is 5.32 Å². The molecule has 2 aromatic rings. The molecule has 3 N–H and O–H groups in total. The van der Waals surface area contributed by atoms with E-state index in [4.69, 9.17) is 9.47 Å². The van der Waals surface area contributed by atoms with Crippen molar-refractivity contribution < 1.29 is 40.9 Å². The molecule has 2 aromatic carbocycles. The van der Waals surface area contributed by atoms with Crippen LogP contribution in [-0.2, 0) is 12.8 Å². The molecule has 0 saturated carbocycles. The van der Waals surface area contributed by atoms with Gasteiger partial charge in [0.25, 0.3) is 0 Å². The number of hydrogen-bond acceptors (Lipinski definition) is 5. The maximum atomic E-state index is 13.3. The van der Waals surface area contributed by atoms with Crippen LogP contribution < -0.4 is 27.2 Å². The van der Waals surface area contributed by atoms with Crippen molar-refractivity contribution in [2.45, 2.75) is 50.1 Å². The van der Waals surface area contributed by atoms with Crippen molar-refractivity contribution in [3.05, 3.63) is 59.2 Å². The smallest absolute Gasteiger partial charge is 0.126 e. The number of aliphatic hydroxyl groups excluding tert-OH is 2. The molecule has 0 radical (unpaired) electrons. The maximum absolute atomic E-state index is 13.3. The van der Waals surface area contributed by atoms with E-state index in [1.807, 2.05) is 0 Å².